The highest BCUT2D eigenvalue weighted by Gasteiger charge is 2.30. The van der Waals surface area contributed by atoms with Gasteiger partial charge in [0.15, 0.2) is 0 Å². The number of halogens is 4. The molecule has 0 bridgehead atoms. The van der Waals surface area contributed by atoms with Crippen LogP contribution < -0.4 is 0 Å². The van der Waals surface area contributed by atoms with E-state index < -0.39 is 23.5 Å². The van der Waals surface area contributed by atoms with Crippen LogP contribution in [0.4, 0.5) is 17.6 Å². The van der Waals surface area contributed by atoms with Crippen LogP contribution in [0.3, 0.4) is 0 Å². The molecule has 2 rings (SSSR count). The van der Waals surface area contributed by atoms with Crippen molar-refractivity contribution in [2.24, 2.45) is 0 Å². The third kappa shape index (κ3) is 4.09. The normalized spacial score (nSPS) is 11.4. The molecule has 0 aliphatic rings. The Kier molecular flexibility index (Phi) is 4.73. The lowest BCUT2D eigenvalue weighted by Gasteiger charge is -2.19. The van der Waals surface area contributed by atoms with Gasteiger partial charge in [-0.1, -0.05) is 18.2 Å². The van der Waals surface area contributed by atoms with E-state index in [1.165, 1.54) is 36.2 Å². The van der Waals surface area contributed by atoms with Gasteiger partial charge in [0.2, 0.25) is 0 Å². The number of amides is 1. The molecule has 0 saturated heterocycles. The molecule has 2 nitrogen and oxygen atoms in total. The van der Waals surface area contributed by atoms with E-state index in [-0.39, 0.29) is 12.1 Å². The molecule has 0 spiro atoms. The summed E-state index contributed by atoms with van der Waals surface area (Å²) in [5, 5.41) is 0. The molecule has 2 aromatic carbocycles. The zero-order valence-electron chi connectivity index (χ0n) is 12.6. The molecule has 2 aromatic rings. The maximum atomic E-state index is 13.3. The summed E-state index contributed by atoms with van der Waals surface area (Å²) in [5.74, 6) is -0.981. The van der Waals surface area contributed by atoms with E-state index >= 15 is 0 Å². The fourth-order valence-corrected chi connectivity index (χ4v) is 2.22. The molecule has 0 atom stereocenters. The van der Waals surface area contributed by atoms with E-state index in [4.69, 9.17) is 0 Å². The van der Waals surface area contributed by atoms with Crippen molar-refractivity contribution < 1.29 is 22.4 Å². The van der Waals surface area contributed by atoms with E-state index in [1.54, 1.807) is 6.92 Å². The first-order valence-corrected chi connectivity index (χ1v) is 6.86. The third-order valence-electron chi connectivity index (χ3n) is 3.45. The maximum Gasteiger partial charge on any atom is 0.416 e. The number of benzene rings is 2. The highest BCUT2D eigenvalue weighted by molar-refractivity contribution is 5.95. The van der Waals surface area contributed by atoms with Crippen LogP contribution in [0.2, 0.25) is 0 Å². The zero-order chi connectivity index (χ0) is 17.2. The lowest BCUT2D eigenvalue weighted by atomic mass is 10.1. The molecule has 0 unspecified atom stereocenters. The first kappa shape index (κ1) is 17.0. The van der Waals surface area contributed by atoms with Gasteiger partial charge in [-0.05, 0) is 42.3 Å². The van der Waals surface area contributed by atoms with Crippen LogP contribution in [0.5, 0.6) is 0 Å². The molecular weight excluding hydrogens is 310 g/mol. The molecule has 0 aromatic heterocycles. The first-order valence-electron chi connectivity index (χ1n) is 6.86. The number of aryl methyl sites for hydroxylation is 1. The fraction of sp³-hybridized carbons (Fsp3) is 0.235. The Morgan fingerprint density at radius 2 is 1.83 bits per heavy atom. The number of carbonyl (C=O) groups excluding carboxylic acids is 1. The minimum absolute atomic E-state index is 0.00128. The summed E-state index contributed by atoms with van der Waals surface area (Å²) in [4.78, 5) is 13.6. The van der Waals surface area contributed by atoms with Gasteiger partial charge in [0.1, 0.15) is 5.82 Å². The highest BCUT2D eigenvalue weighted by Crippen LogP contribution is 2.29. The summed E-state index contributed by atoms with van der Waals surface area (Å²) in [6.45, 7) is 1.67. The second kappa shape index (κ2) is 6.40. The topological polar surface area (TPSA) is 20.3 Å². The zero-order valence-corrected chi connectivity index (χ0v) is 12.6. The quantitative estimate of drug-likeness (QED) is 0.765. The minimum Gasteiger partial charge on any atom is -0.337 e. The summed E-state index contributed by atoms with van der Waals surface area (Å²) in [5.41, 5.74) is 0.384. The predicted octanol–water partition coefficient (Wildman–Crippen LogP) is 4.43. The van der Waals surface area contributed by atoms with Crippen LogP contribution in [-0.2, 0) is 12.7 Å². The second-order valence-corrected chi connectivity index (χ2v) is 5.32. The van der Waals surface area contributed by atoms with Crippen LogP contribution in [0.15, 0.2) is 42.5 Å². The summed E-state index contributed by atoms with van der Waals surface area (Å²) in [6, 6.07) is 8.64. The average Bonchev–Trinajstić information content (AvgIpc) is 2.48. The predicted molar refractivity (Wildman–Crippen MR) is 78.4 cm³/mol. The molecule has 0 saturated carbocycles. The Morgan fingerprint density at radius 1 is 1.13 bits per heavy atom. The molecule has 0 aliphatic carbocycles. The summed E-state index contributed by atoms with van der Waals surface area (Å²) < 4.78 is 51.4. The minimum atomic E-state index is -4.43. The molecule has 122 valence electrons. The van der Waals surface area contributed by atoms with Crippen LogP contribution in [0, 0.1) is 12.7 Å². The van der Waals surface area contributed by atoms with Crippen molar-refractivity contribution in [1.29, 1.82) is 0 Å². The Morgan fingerprint density at radius 3 is 2.48 bits per heavy atom. The molecule has 0 fully saturated rings. The van der Waals surface area contributed by atoms with Gasteiger partial charge in [0.05, 0.1) is 5.56 Å². The highest BCUT2D eigenvalue weighted by atomic mass is 19.4. The largest absolute Gasteiger partial charge is 0.416 e. The molecular formula is C17H15F4NO. The first-order chi connectivity index (χ1) is 10.7. The van der Waals surface area contributed by atoms with Gasteiger partial charge in [-0.25, -0.2) is 4.39 Å². The number of hydrogen-bond donors (Lipinski definition) is 0. The van der Waals surface area contributed by atoms with Crippen molar-refractivity contribution >= 4 is 5.91 Å². The van der Waals surface area contributed by atoms with Gasteiger partial charge >= 0.3 is 6.18 Å². The molecule has 0 heterocycles. The van der Waals surface area contributed by atoms with Gasteiger partial charge in [-0.3, -0.25) is 4.79 Å². The van der Waals surface area contributed by atoms with Gasteiger partial charge in [-0.2, -0.15) is 13.2 Å². The second-order valence-electron chi connectivity index (χ2n) is 5.32. The molecule has 0 N–H and O–H groups in total. The smallest absolute Gasteiger partial charge is 0.337 e. The SMILES string of the molecule is Cc1ccc(F)cc1C(=O)N(C)Cc1cccc(C(F)(F)F)c1. The van der Waals surface area contributed by atoms with E-state index in [9.17, 15) is 22.4 Å². The molecule has 0 radical (unpaired) electrons. The number of nitrogens with zero attached hydrogens (tertiary/aromatic N) is 1. The van der Waals surface area contributed by atoms with Crippen molar-refractivity contribution in [3.8, 4) is 0 Å². The number of hydrogen-bond acceptors (Lipinski definition) is 1. The monoisotopic (exact) mass is 325 g/mol. The molecule has 1 amide bonds. The number of alkyl halides is 3. The average molecular weight is 325 g/mol. The van der Waals surface area contributed by atoms with Gasteiger partial charge in [0.25, 0.3) is 5.91 Å². The van der Waals surface area contributed by atoms with Crippen molar-refractivity contribution in [2.45, 2.75) is 19.6 Å². The van der Waals surface area contributed by atoms with E-state index in [0.29, 0.717) is 11.1 Å². The maximum absolute atomic E-state index is 13.3. The van der Waals surface area contributed by atoms with Crippen molar-refractivity contribution in [2.75, 3.05) is 7.05 Å². The van der Waals surface area contributed by atoms with E-state index in [2.05, 4.69) is 0 Å². The molecule has 0 aliphatic heterocycles. The number of rotatable bonds is 3. The summed E-state index contributed by atoms with van der Waals surface area (Å²) in [7, 11) is 1.47. The third-order valence-corrected chi connectivity index (χ3v) is 3.45. The lowest BCUT2D eigenvalue weighted by Crippen LogP contribution is -2.27. The van der Waals surface area contributed by atoms with Gasteiger partial charge < -0.3 is 4.90 Å². The fourth-order valence-electron chi connectivity index (χ4n) is 2.22. The van der Waals surface area contributed by atoms with E-state index in [1.807, 2.05) is 0 Å². The Bertz CT molecular complexity index is 725. The Labute approximate surface area is 131 Å². The van der Waals surface area contributed by atoms with Crippen LogP contribution in [0.25, 0.3) is 0 Å². The Hall–Kier alpha value is -2.37. The van der Waals surface area contributed by atoms with Crippen LogP contribution in [-0.4, -0.2) is 17.9 Å². The Balaban J connectivity index is 2.20. The van der Waals surface area contributed by atoms with E-state index in [0.717, 1.165) is 18.2 Å². The summed E-state index contributed by atoms with van der Waals surface area (Å²) in [6.07, 6.45) is -4.43. The van der Waals surface area contributed by atoms with Crippen LogP contribution in [0.1, 0.15) is 27.0 Å². The summed E-state index contributed by atoms with van der Waals surface area (Å²) >= 11 is 0. The molecule has 6 heteroatoms. The van der Waals surface area contributed by atoms with Gasteiger partial charge in [-0.15, -0.1) is 0 Å². The lowest BCUT2D eigenvalue weighted by molar-refractivity contribution is -0.137. The van der Waals surface area contributed by atoms with Crippen molar-refractivity contribution in [3.05, 3.63) is 70.5 Å². The number of carbonyl (C=O) groups is 1. The standard InChI is InChI=1S/C17H15F4NO/c1-11-6-7-14(18)9-15(11)16(23)22(2)10-12-4-3-5-13(8-12)17(19,20)21/h3-9H,10H2,1-2H3. The van der Waals surface area contributed by atoms with Crippen molar-refractivity contribution in [1.82, 2.24) is 4.90 Å². The molecule has 23 heavy (non-hydrogen) atoms. The van der Waals surface area contributed by atoms with Gasteiger partial charge in [0, 0.05) is 19.2 Å². The van der Waals surface area contributed by atoms with Crippen molar-refractivity contribution in [3.63, 3.8) is 0 Å². The van der Waals surface area contributed by atoms with Crippen LogP contribution >= 0.6 is 0 Å².